The van der Waals surface area contributed by atoms with Gasteiger partial charge in [-0.1, -0.05) is 0 Å². The molecule has 1 aliphatic rings. The quantitative estimate of drug-likeness (QED) is 0.881. The molecule has 1 amide bonds. The van der Waals surface area contributed by atoms with Crippen molar-refractivity contribution in [3.63, 3.8) is 0 Å². The van der Waals surface area contributed by atoms with Crippen molar-refractivity contribution in [1.29, 1.82) is 0 Å². The lowest BCUT2D eigenvalue weighted by atomic mass is 9.99. The monoisotopic (exact) mass is 272 g/mol. The minimum atomic E-state index is -1.01. The van der Waals surface area contributed by atoms with Crippen LogP contribution in [-0.4, -0.2) is 16.7 Å². The Kier molecular flexibility index (Phi) is 3.59. The van der Waals surface area contributed by atoms with E-state index in [0.717, 1.165) is 18.2 Å². The fourth-order valence-corrected chi connectivity index (χ4v) is 3.44. The zero-order chi connectivity index (χ0) is 13.3. The lowest BCUT2D eigenvalue weighted by Gasteiger charge is -2.19. The maximum Gasteiger partial charge on any atom is 0.237 e. The molecule has 0 spiro atoms. The van der Waals surface area contributed by atoms with Gasteiger partial charge in [0.15, 0.2) is 0 Å². The molecule has 6 heteroatoms. The SMILES string of the molecule is NC(=O)C1(N)CCC(Sc2cc(F)ccc2F)C1. The van der Waals surface area contributed by atoms with Crippen molar-refractivity contribution in [3.8, 4) is 0 Å². The van der Waals surface area contributed by atoms with E-state index in [2.05, 4.69) is 0 Å². The molecule has 0 saturated heterocycles. The summed E-state index contributed by atoms with van der Waals surface area (Å²) in [6.45, 7) is 0. The van der Waals surface area contributed by atoms with Gasteiger partial charge < -0.3 is 11.5 Å². The van der Waals surface area contributed by atoms with Crippen LogP contribution in [0.25, 0.3) is 0 Å². The van der Waals surface area contributed by atoms with Gasteiger partial charge in [-0.25, -0.2) is 8.78 Å². The summed E-state index contributed by atoms with van der Waals surface area (Å²) in [4.78, 5) is 11.4. The molecule has 0 heterocycles. The topological polar surface area (TPSA) is 69.1 Å². The van der Waals surface area contributed by atoms with Crippen LogP contribution in [0.3, 0.4) is 0 Å². The molecule has 0 aromatic heterocycles. The van der Waals surface area contributed by atoms with E-state index in [1.54, 1.807) is 0 Å². The number of hydrogen-bond donors (Lipinski definition) is 2. The van der Waals surface area contributed by atoms with E-state index in [1.807, 2.05) is 0 Å². The number of carbonyl (C=O) groups is 1. The number of primary amides is 1. The van der Waals surface area contributed by atoms with Crippen molar-refractivity contribution in [2.45, 2.75) is 34.9 Å². The van der Waals surface area contributed by atoms with Gasteiger partial charge in [0.2, 0.25) is 5.91 Å². The van der Waals surface area contributed by atoms with Gasteiger partial charge in [0.1, 0.15) is 11.6 Å². The van der Waals surface area contributed by atoms with Crippen molar-refractivity contribution in [1.82, 2.24) is 0 Å². The first-order valence-electron chi connectivity index (χ1n) is 5.61. The van der Waals surface area contributed by atoms with Crippen LogP contribution in [0.4, 0.5) is 8.78 Å². The van der Waals surface area contributed by atoms with E-state index in [0.29, 0.717) is 19.3 Å². The van der Waals surface area contributed by atoms with Gasteiger partial charge in [-0.05, 0) is 37.5 Å². The average Bonchev–Trinajstić information content (AvgIpc) is 2.67. The number of carbonyl (C=O) groups excluding carboxylic acids is 1. The predicted molar refractivity (Wildman–Crippen MR) is 66.0 cm³/mol. The Morgan fingerprint density at radius 1 is 1.44 bits per heavy atom. The average molecular weight is 272 g/mol. The molecule has 0 bridgehead atoms. The van der Waals surface area contributed by atoms with E-state index in [1.165, 1.54) is 11.8 Å². The van der Waals surface area contributed by atoms with Crippen LogP contribution in [0.2, 0.25) is 0 Å². The maximum atomic E-state index is 13.5. The molecule has 0 aliphatic heterocycles. The fourth-order valence-electron chi connectivity index (χ4n) is 2.10. The fraction of sp³-hybridized carbons (Fsp3) is 0.417. The molecule has 2 atom stereocenters. The lowest BCUT2D eigenvalue weighted by Crippen LogP contribution is -2.50. The van der Waals surface area contributed by atoms with E-state index in [9.17, 15) is 13.6 Å². The number of rotatable bonds is 3. The van der Waals surface area contributed by atoms with Gasteiger partial charge >= 0.3 is 0 Å². The molecule has 3 nitrogen and oxygen atoms in total. The van der Waals surface area contributed by atoms with Crippen molar-refractivity contribution < 1.29 is 13.6 Å². The third-order valence-corrected chi connectivity index (χ3v) is 4.48. The van der Waals surface area contributed by atoms with Crippen molar-refractivity contribution in [2.24, 2.45) is 11.5 Å². The Hall–Kier alpha value is -1.14. The zero-order valence-corrected chi connectivity index (χ0v) is 10.5. The second kappa shape index (κ2) is 4.85. The molecule has 18 heavy (non-hydrogen) atoms. The smallest absolute Gasteiger partial charge is 0.237 e. The summed E-state index contributed by atoms with van der Waals surface area (Å²) in [5.41, 5.74) is 10.1. The van der Waals surface area contributed by atoms with Crippen molar-refractivity contribution in [2.75, 3.05) is 0 Å². The summed E-state index contributed by atoms with van der Waals surface area (Å²) in [6, 6.07) is 3.32. The molecule has 2 rings (SSSR count). The highest BCUT2D eigenvalue weighted by Crippen LogP contribution is 2.39. The molecule has 1 aromatic rings. The van der Waals surface area contributed by atoms with Crippen LogP contribution in [0.5, 0.6) is 0 Å². The molecular weight excluding hydrogens is 258 g/mol. The zero-order valence-electron chi connectivity index (χ0n) is 9.66. The van der Waals surface area contributed by atoms with Crippen molar-refractivity contribution in [3.05, 3.63) is 29.8 Å². The third kappa shape index (κ3) is 2.64. The highest BCUT2D eigenvalue weighted by atomic mass is 32.2. The normalized spacial score (nSPS) is 27.4. The number of halogens is 2. The van der Waals surface area contributed by atoms with E-state index in [4.69, 9.17) is 11.5 Å². The molecule has 1 saturated carbocycles. The van der Waals surface area contributed by atoms with Gasteiger partial charge in [-0.15, -0.1) is 11.8 Å². The van der Waals surface area contributed by atoms with E-state index < -0.39 is 23.1 Å². The lowest BCUT2D eigenvalue weighted by molar-refractivity contribution is -0.122. The minimum absolute atomic E-state index is 0.0150. The Bertz CT molecular complexity index is 483. The van der Waals surface area contributed by atoms with Gasteiger partial charge in [-0.3, -0.25) is 4.79 Å². The second-order valence-corrected chi connectivity index (χ2v) is 5.92. The molecule has 1 fully saturated rings. The van der Waals surface area contributed by atoms with Gasteiger partial charge in [0.05, 0.1) is 5.54 Å². The number of thioether (sulfide) groups is 1. The predicted octanol–water partition coefficient (Wildman–Crippen LogP) is 1.79. The van der Waals surface area contributed by atoms with Gasteiger partial charge in [0.25, 0.3) is 0 Å². The largest absolute Gasteiger partial charge is 0.368 e. The Labute approximate surface area is 108 Å². The first-order chi connectivity index (χ1) is 8.40. The van der Waals surface area contributed by atoms with E-state index in [-0.39, 0.29) is 10.1 Å². The highest BCUT2D eigenvalue weighted by molar-refractivity contribution is 8.00. The highest BCUT2D eigenvalue weighted by Gasteiger charge is 2.41. The molecule has 2 unspecified atom stereocenters. The molecule has 1 aromatic carbocycles. The molecule has 1 aliphatic carbocycles. The van der Waals surface area contributed by atoms with E-state index >= 15 is 0 Å². The summed E-state index contributed by atoms with van der Waals surface area (Å²) in [5.74, 6) is -1.48. The molecular formula is C12H14F2N2OS. The molecule has 0 radical (unpaired) electrons. The van der Waals surface area contributed by atoms with Crippen LogP contribution in [0, 0.1) is 11.6 Å². The Morgan fingerprint density at radius 3 is 2.78 bits per heavy atom. The van der Waals surface area contributed by atoms with Crippen LogP contribution in [0.1, 0.15) is 19.3 Å². The van der Waals surface area contributed by atoms with Gasteiger partial charge in [0, 0.05) is 10.1 Å². The van der Waals surface area contributed by atoms with Crippen LogP contribution < -0.4 is 11.5 Å². The number of nitrogens with two attached hydrogens (primary N) is 2. The first-order valence-corrected chi connectivity index (χ1v) is 6.49. The number of benzene rings is 1. The standard InChI is InChI=1S/C12H14F2N2OS/c13-7-1-2-9(14)10(5-7)18-8-3-4-12(16,6-8)11(15)17/h1-2,5,8H,3-4,6,16H2,(H2,15,17). The number of hydrogen-bond acceptors (Lipinski definition) is 3. The Balaban J connectivity index is 2.08. The maximum absolute atomic E-state index is 13.5. The second-order valence-electron chi connectivity index (χ2n) is 4.58. The summed E-state index contributed by atoms with van der Waals surface area (Å²) in [6.07, 6.45) is 1.54. The first kappa shape index (κ1) is 13.3. The van der Waals surface area contributed by atoms with Crippen molar-refractivity contribution >= 4 is 17.7 Å². The third-order valence-electron chi connectivity index (χ3n) is 3.18. The van der Waals surface area contributed by atoms with Crippen LogP contribution in [0.15, 0.2) is 23.1 Å². The van der Waals surface area contributed by atoms with Crippen LogP contribution >= 0.6 is 11.8 Å². The van der Waals surface area contributed by atoms with Gasteiger partial charge in [-0.2, -0.15) is 0 Å². The molecule has 4 N–H and O–H groups in total. The molecule has 98 valence electrons. The summed E-state index contributed by atoms with van der Waals surface area (Å²) in [7, 11) is 0. The summed E-state index contributed by atoms with van der Waals surface area (Å²) < 4.78 is 26.5. The summed E-state index contributed by atoms with van der Waals surface area (Å²) >= 11 is 1.21. The summed E-state index contributed by atoms with van der Waals surface area (Å²) in [5, 5.41) is -0.0150. The minimum Gasteiger partial charge on any atom is -0.368 e. The Morgan fingerprint density at radius 2 is 2.17 bits per heavy atom. The number of amides is 1. The van der Waals surface area contributed by atoms with Crippen LogP contribution in [-0.2, 0) is 4.79 Å².